The monoisotopic (exact) mass is 413 g/mol. The summed E-state index contributed by atoms with van der Waals surface area (Å²) in [6, 6.07) is 11.2. The number of hydrogen-bond acceptors (Lipinski definition) is 2. The lowest BCUT2D eigenvalue weighted by molar-refractivity contribution is 0.439. The number of nitrogens with one attached hydrogen (secondary N) is 1. The second-order valence-electron chi connectivity index (χ2n) is 5.10. The lowest BCUT2D eigenvalue weighted by Crippen LogP contribution is -2.15. The molecule has 110 valence electrons. The van der Waals surface area contributed by atoms with Crippen LogP contribution in [0.4, 0.5) is 4.39 Å². The van der Waals surface area contributed by atoms with Gasteiger partial charge >= 0.3 is 0 Å². The highest BCUT2D eigenvalue weighted by atomic mass is 79.9. The number of benzene rings is 2. The number of hydrogen-bond donors (Lipinski definition) is 1. The molecule has 0 spiro atoms. The molecule has 0 radical (unpaired) electrons. The summed E-state index contributed by atoms with van der Waals surface area (Å²) in [6.07, 6.45) is 2.45. The molecule has 0 atom stereocenters. The van der Waals surface area contributed by atoms with Gasteiger partial charge in [0.25, 0.3) is 0 Å². The van der Waals surface area contributed by atoms with Crippen LogP contribution in [0.3, 0.4) is 0 Å². The van der Waals surface area contributed by atoms with E-state index in [9.17, 15) is 4.39 Å². The van der Waals surface area contributed by atoms with Crippen molar-refractivity contribution < 1.29 is 9.13 Å². The smallest absolute Gasteiger partial charge is 0.166 e. The standard InChI is InChI=1S/C16H14Br2FNO/c17-11-2-6-15(13(18)8-11)21-16-5-1-10(7-14(16)19)9-20-12-3-4-12/h1-2,5-8,12,20H,3-4,9H2. The van der Waals surface area contributed by atoms with Gasteiger partial charge in [-0.1, -0.05) is 22.0 Å². The molecule has 1 aliphatic rings. The Kier molecular flexibility index (Phi) is 4.62. The number of ether oxygens (including phenoxy) is 1. The molecule has 0 heterocycles. The molecule has 1 fully saturated rings. The van der Waals surface area contributed by atoms with E-state index in [1.54, 1.807) is 12.1 Å². The topological polar surface area (TPSA) is 21.3 Å². The van der Waals surface area contributed by atoms with Crippen molar-refractivity contribution in [1.82, 2.24) is 5.32 Å². The molecular formula is C16H14Br2FNO. The van der Waals surface area contributed by atoms with E-state index in [2.05, 4.69) is 37.2 Å². The third kappa shape index (κ3) is 4.05. The molecule has 2 aromatic rings. The van der Waals surface area contributed by atoms with E-state index in [4.69, 9.17) is 4.74 Å². The van der Waals surface area contributed by atoms with Crippen molar-refractivity contribution in [2.24, 2.45) is 0 Å². The lowest BCUT2D eigenvalue weighted by Gasteiger charge is -2.10. The van der Waals surface area contributed by atoms with E-state index < -0.39 is 0 Å². The van der Waals surface area contributed by atoms with Gasteiger partial charge in [0.15, 0.2) is 11.6 Å². The van der Waals surface area contributed by atoms with Crippen molar-refractivity contribution in [3.05, 3.63) is 56.7 Å². The van der Waals surface area contributed by atoms with Gasteiger partial charge in [-0.25, -0.2) is 4.39 Å². The molecule has 5 heteroatoms. The summed E-state index contributed by atoms with van der Waals surface area (Å²) in [5.74, 6) is 0.467. The Balaban J connectivity index is 1.72. The first-order chi connectivity index (χ1) is 10.1. The Morgan fingerprint density at radius 3 is 2.52 bits per heavy atom. The molecule has 0 saturated heterocycles. The molecule has 1 N–H and O–H groups in total. The van der Waals surface area contributed by atoms with Crippen molar-refractivity contribution in [3.8, 4) is 11.5 Å². The van der Waals surface area contributed by atoms with Crippen LogP contribution >= 0.6 is 31.9 Å². The van der Waals surface area contributed by atoms with Crippen LogP contribution in [0.1, 0.15) is 18.4 Å². The first kappa shape index (κ1) is 15.0. The van der Waals surface area contributed by atoms with Crippen LogP contribution in [0.5, 0.6) is 11.5 Å². The summed E-state index contributed by atoms with van der Waals surface area (Å²) >= 11 is 6.78. The van der Waals surface area contributed by atoms with Gasteiger partial charge in [-0.15, -0.1) is 0 Å². The summed E-state index contributed by atoms with van der Waals surface area (Å²) in [4.78, 5) is 0. The molecule has 2 aromatic carbocycles. The highest BCUT2D eigenvalue weighted by Crippen LogP contribution is 2.33. The fourth-order valence-electron chi connectivity index (χ4n) is 1.96. The van der Waals surface area contributed by atoms with Crippen LogP contribution < -0.4 is 10.1 Å². The van der Waals surface area contributed by atoms with Gasteiger partial charge in [-0.05, 0) is 64.7 Å². The summed E-state index contributed by atoms with van der Waals surface area (Å²) in [5, 5.41) is 3.36. The second-order valence-corrected chi connectivity index (χ2v) is 6.87. The van der Waals surface area contributed by atoms with E-state index >= 15 is 0 Å². The van der Waals surface area contributed by atoms with Gasteiger partial charge in [0.1, 0.15) is 5.75 Å². The van der Waals surface area contributed by atoms with Gasteiger partial charge < -0.3 is 10.1 Å². The first-order valence-electron chi connectivity index (χ1n) is 6.76. The van der Waals surface area contributed by atoms with Crippen molar-refractivity contribution in [2.45, 2.75) is 25.4 Å². The predicted octanol–water partition coefficient (Wildman–Crippen LogP) is 5.40. The fourth-order valence-corrected chi connectivity index (χ4v) is 3.09. The molecule has 0 amide bonds. The van der Waals surface area contributed by atoms with E-state index in [-0.39, 0.29) is 11.6 Å². The van der Waals surface area contributed by atoms with Crippen molar-refractivity contribution in [2.75, 3.05) is 0 Å². The van der Waals surface area contributed by atoms with Crippen LogP contribution in [0.2, 0.25) is 0 Å². The minimum absolute atomic E-state index is 0.230. The van der Waals surface area contributed by atoms with Gasteiger partial charge in [-0.2, -0.15) is 0 Å². The van der Waals surface area contributed by atoms with Crippen molar-refractivity contribution in [1.29, 1.82) is 0 Å². The Bertz CT molecular complexity index is 659. The maximum Gasteiger partial charge on any atom is 0.166 e. The fraction of sp³-hybridized carbons (Fsp3) is 0.250. The molecule has 1 aliphatic carbocycles. The Morgan fingerprint density at radius 1 is 1.10 bits per heavy atom. The molecule has 21 heavy (non-hydrogen) atoms. The van der Waals surface area contributed by atoms with Gasteiger partial charge in [0.05, 0.1) is 4.47 Å². The molecule has 1 saturated carbocycles. The van der Waals surface area contributed by atoms with Gasteiger partial charge in [0.2, 0.25) is 0 Å². The summed E-state index contributed by atoms with van der Waals surface area (Å²) in [7, 11) is 0. The van der Waals surface area contributed by atoms with E-state index in [0.29, 0.717) is 18.3 Å². The molecule has 3 rings (SSSR count). The van der Waals surface area contributed by atoms with E-state index in [1.807, 2.05) is 18.2 Å². The quantitative estimate of drug-likeness (QED) is 0.707. The van der Waals surface area contributed by atoms with Crippen LogP contribution in [-0.2, 0) is 6.54 Å². The number of halogens is 3. The first-order valence-corrected chi connectivity index (χ1v) is 8.35. The maximum atomic E-state index is 14.1. The Morgan fingerprint density at radius 2 is 1.86 bits per heavy atom. The van der Waals surface area contributed by atoms with Gasteiger partial charge in [0, 0.05) is 17.1 Å². The number of rotatable bonds is 5. The lowest BCUT2D eigenvalue weighted by atomic mass is 10.2. The van der Waals surface area contributed by atoms with Crippen molar-refractivity contribution in [3.63, 3.8) is 0 Å². The minimum Gasteiger partial charge on any atom is -0.453 e. The van der Waals surface area contributed by atoms with Crippen LogP contribution in [0.15, 0.2) is 45.3 Å². The third-order valence-electron chi connectivity index (χ3n) is 3.28. The molecule has 0 aromatic heterocycles. The summed E-state index contributed by atoms with van der Waals surface area (Å²) in [6.45, 7) is 0.698. The normalized spacial score (nSPS) is 14.2. The van der Waals surface area contributed by atoms with Crippen LogP contribution in [-0.4, -0.2) is 6.04 Å². The van der Waals surface area contributed by atoms with Crippen molar-refractivity contribution >= 4 is 31.9 Å². The summed E-state index contributed by atoms with van der Waals surface area (Å²) < 4.78 is 21.4. The predicted molar refractivity (Wildman–Crippen MR) is 88.2 cm³/mol. The third-order valence-corrected chi connectivity index (χ3v) is 4.40. The molecule has 0 aliphatic heterocycles. The zero-order valence-electron chi connectivity index (χ0n) is 11.2. The Hall–Kier alpha value is -0.910. The summed E-state index contributed by atoms with van der Waals surface area (Å²) in [5.41, 5.74) is 0.932. The van der Waals surface area contributed by atoms with E-state index in [1.165, 1.54) is 18.9 Å². The zero-order chi connectivity index (χ0) is 14.8. The van der Waals surface area contributed by atoms with Crippen LogP contribution in [0, 0.1) is 5.82 Å². The molecule has 0 unspecified atom stereocenters. The zero-order valence-corrected chi connectivity index (χ0v) is 14.4. The second kappa shape index (κ2) is 6.46. The SMILES string of the molecule is Fc1cc(CNC2CC2)ccc1Oc1ccc(Br)cc1Br. The molecule has 2 nitrogen and oxygen atoms in total. The average molecular weight is 415 g/mol. The highest BCUT2D eigenvalue weighted by molar-refractivity contribution is 9.11. The molecular weight excluding hydrogens is 401 g/mol. The highest BCUT2D eigenvalue weighted by Gasteiger charge is 2.20. The minimum atomic E-state index is -0.347. The van der Waals surface area contributed by atoms with E-state index in [0.717, 1.165) is 14.5 Å². The molecule has 0 bridgehead atoms. The van der Waals surface area contributed by atoms with Gasteiger partial charge in [-0.3, -0.25) is 0 Å². The van der Waals surface area contributed by atoms with Crippen LogP contribution in [0.25, 0.3) is 0 Å². The largest absolute Gasteiger partial charge is 0.453 e. The Labute approximate surface area is 140 Å². The average Bonchev–Trinajstić information content (AvgIpc) is 3.26. The maximum absolute atomic E-state index is 14.1.